The maximum absolute atomic E-state index is 13.5. The number of ketones is 3. The Hall–Kier alpha value is -3.26. The lowest BCUT2D eigenvalue weighted by Gasteiger charge is -2.46. The third-order valence-electron chi connectivity index (χ3n) is 7.43. The number of Topliss-reactive ketones (excluding diaryl/α,β-unsaturated/α-hetero) is 3. The predicted molar refractivity (Wildman–Crippen MR) is 123 cm³/mol. The number of aliphatic hydroxyl groups is 3. The summed E-state index contributed by atoms with van der Waals surface area (Å²) in [5, 5.41) is 33.1. The number of benzene rings is 1. The minimum atomic E-state index is -2.52. The molecular weight excluding hydrogens is 438 g/mol. The summed E-state index contributed by atoms with van der Waals surface area (Å²) < 4.78 is 0. The molecule has 1 saturated carbocycles. The molecular formula is C26H29NO7. The maximum atomic E-state index is 13.5. The molecule has 4 rings (SSSR count). The van der Waals surface area contributed by atoms with E-state index in [-0.39, 0.29) is 36.4 Å². The highest BCUT2D eigenvalue weighted by molar-refractivity contribution is 6.22. The molecule has 1 aromatic carbocycles. The standard InChI is InChI=1S/C26H29NO7/c1-11(2)4-7-17(28)15-6-5-12(3)19-16(15)9-13-8-14-10-18(29)21(25(27)33)24(32)26(14,34)23(31)20(13)22(19)30/h5-6,11,13-14,30,32,34H,4,7-10H2,1-3H3,(H2,27,33)/t13-,14+,26+/m0/s1. The number of hydrogen-bond donors (Lipinski definition) is 4. The molecule has 1 aromatic rings. The molecule has 1 amide bonds. The number of nitrogens with two attached hydrogens (primary N) is 1. The first-order chi connectivity index (χ1) is 15.9. The fourth-order valence-corrected chi connectivity index (χ4v) is 5.63. The van der Waals surface area contributed by atoms with Crippen LogP contribution in [0.1, 0.15) is 66.6 Å². The van der Waals surface area contributed by atoms with E-state index in [0.29, 0.717) is 34.6 Å². The second kappa shape index (κ2) is 8.20. The van der Waals surface area contributed by atoms with Crippen LogP contribution in [-0.4, -0.2) is 44.2 Å². The van der Waals surface area contributed by atoms with E-state index in [1.165, 1.54) is 0 Å². The lowest BCUT2D eigenvalue weighted by Crippen LogP contribution is -2.58. The van der Waals surface area contributed by atoms with Gasteiger partial charge >= 0.3 is 0 Å². The van der Waals surface area contributed by atoms with Gasteiger partial charge in [-0.15, -0.1) is 0 Å². The maximum Gasteiger partial charge on any atom is 0.255 e. The van der Waals surface area contributed by atoms with Crippen LogP contribution in [0.15, 0.2) is 29.0 Å². The Labute approximate surface area is 197 Å². The normalized spacial score (nSPS) is 26.4. The van der Waals surface area contributed by atoms with Gasteiger partial charge < -0.3 is 21.1 Å². The van der Waals surface area contributed by atoms with Gasteiger partial charge in [0.2, 0.25) is 5.78 Å². The van der Waals surface area contributed by atoms with Crippen LogP contribution in [0.25, 0.3) is 5.76 Å². The lowest BCUT2D eigenvalue weighted by atomic mass is 9.59. The number of fused-ring (bicyclic) bond motifs is 3. The molecule has 0 heterocycles. The van der Waals surface area contributed by atoms with Crippen LogP contribution in [0, 0.1) is 24.7 Å². The van der Waals surface area contributed by atoms with E-state index in [0.717, 1.165) is 6.42 Å². The van der Waals surface area contributed by atoms with Crippen molar-refractivity contribution in [3.05, 3.63) is 51.3 Å². The minimum absolute atomic E-state index is 0.0423. The van der Waals surface area contributed by atoms with Crippen molar-refractivity contribution < 1.29 is 34.5 Å². The summed E-state index contributed by atoms with van der Waals surface area (Å²) in [6.07, 6.45) is 1.13. The van der Waals surface area contributed by atoms with Crippen molar-refractivity contribution in [2.45, 2.75) is 58.5 Å². The van der Waals surface area contributed by atoms with Crippen LogP contribution in [-0.2, 0) is 20.8 Å². The van der Waals surface area contributed by atoms with Gasteiger partial charge in [-0.3, -0.25) is 19.2 Å². The van der Waals surface area contributed by atoms with Crippen molar-refractivity contribution in [1.82, 2.24) is 0 Å². The van der Waals surface area contributed by atoms with Crippen molar-refractivity contribution in [2.75, 3.05) is 0 Å². The second-order valence-corrected chi connectivity index (χ2v) is 10.0. The van der Waals surface area contributed by atoms with Crippen LogP contribution in [0.2, 0.25) is 0 Å². The first-order valence-corrected chi connectivity index (χ1v) is 11.5. The molecule has 0 aromatic heterocycles. The Morgan fingerprint density at radius 3 is 2.47 bits per heavy atom. The molecule has 0 bridgehead atoms. The van der Waals surface area contributed by atoms with Gasteiger partial charge in [0.15, 0.2) is 17.2 Å². The van der Waals surface area contributed by atoms with Gasteiger partial charge in [0.05, 0.1) is 0 Å². The van der Waals surface area contributed by atoms with Crippen LogP contribution in [0.4, 0.5) is 0 Å². The first-order valence-electron chi connectivity index (χ1n) is 11.5. The Morgan fingerprint density at radius 2 is 1.85 bits per heavy atom. The average Bonchev–Trinajstić information content (AvgIpc) is 2.74. The zero-order valence-electron chi connectivity index (χ0n) is 19.5. The van der Waals surface area contributed by atoms with Crippen LogP contribution < -0.4 is 5.73 Å². The van der Waals surface area contributed by atoms with Gasteiger partial charge in [0.25, 0.3) is 5.91 Å². The average molecular weight is 468 g/mol. The quantitative estimate of drug-likeness (QED) is 0.383. The summed E-state index contributed by atoms with van der Waals surface area (Å²) in [7, 11) is 0. The monoisotopic (exact) mass is 467 g/mol. The highest BCUT2D eigenvalue weighted by Crippen LogP contribution is 2.51. The summed E-state index contributed by atoms with van der Waals surface area (Å²) >= 11 is 0. The van der Waals surface area contributed by atoms with Crippen molar-refractivity contribution >= 4 is 29.0 Å². The molecule has 0 saturated heterocycles. The van der Waals surface area contributed by atoms with Gasteiger partial charge in [0.1, 0.15) is 17.1 Å². The number of amides is 1. The van der Waals surface area contributed by atoms with Gasteiger partial charge in [-0.05, 0) is 49.1 Å². The van der Waals surface area contributed by atoms with Crippen molar-refractivity contribution in [3.63, 3.8) is 0 Å². The fraction of sp³-hybridized carbons (Fsp3) is 0.462. The number of hydrogen-bond acceptors (Lipinski definition) is 7. The predicted octanol–water partition coefficient (Wildman–Crippen LogP) is 2.65. The minimum Gasteiger partial charge on any atom is -0.508 e. The molecule has 8 heteroatoms. The molecule has 0 spiro atoms. The zero-order valence-corrected chi connectivity index (χ0v) is 19.5. The Bertz CT molecular complexity index is 1210. The Kier molecular flexibility index (Phi) is 5.76. The van der Waals surface area contributed by atoms with Gasteiger partial charge in [-0.2, -0.15) is 0 Å². The summed E-state index contributed by atoms with van der Waals surface area (Å²) in [4.78, 5) is 50.7. The molecule has 3 atom stereocenters. The van der Waals surface area contributed by atoms with Gasteiger partial charge in [-0.25, -0.2) is 0 Å². The van der Waals surface area contributed by atoms with Gasteiger partial charge in [0, 0.05) is 35.5 Å². The molecule has 0 radical (unpaired) electrons. The number of carbonyl (C=O) groups excluding carboxylic acids is 4. The highest BCUT2D eigenvalue weighted by atomic mass is 16.3. The van der Waals surface area contributed by atoms with E-state index in [1.807, 2.05) is 13.8 Å². The van der Waals surface area contributed by atoms with E-state index in [9.17, 15) is 34.5 Å². The van der Waals surface area contributed by atoms with Crippen molar-refractivity contribution in [1.29, 1.82) is 0 Å². The third-order valence-corrected chi connectivity index (χ3v) is 7.43. The summed E-state index contributed by atoms with van der Waals surface area (Å²) in [5.74, 6) is -5.53. The Balaban J connectivity index is 1.86. The van der Waals surface area contributed by atoms with E-state index in [4.69, 9.17) is 5.73 Å². The van der Waals surface area contributed by atoms with Gasteiger partial charge in [-0.1, -0.05) is 26.0 Å². The number of aryl methyl sites for hydroxylation is 1. The fourth-order valence-electron chi connectivity index (χ4n) is 5.63. The number of primary amides is 1. The zero-order chi connectivity index (χ0) is 25.1. The summed E-state index contributed by atoms with van der Waals surface area (Å²) in [6, 6.07) is 3.46. The smallest absolute Gasteiger partial charge is 0.255 e. The summed E-state index contributed by atoms with van der Waals surface area (Å²) in [6.45, 7) is 5.82. The highest BCUT2D eigenvalue weighted by Gasteiger charge is 2.60. The first kappa shape index (κ1) is 23.9. The largest absolute Gasteiger partial charge is 0.508 e. The second-order valence-electron chi connectivity index (χ2n) is 10.0. The molecule has 180 valence electrons. The van der Waals surface area contributed by atoms with E-state index >= 15 is 0 Å². The van der Waals surface area contributed by atoms with Crippen LogP contribution >= 0.6 is 0 Å². The number of rotatable bonds is 5. The van der Waals surface area contributed by atoms with E-state index < -0.39 is 46.2 Å². The van der Waals surface area contributed by atoms with Crippen molar-refractivity contribution in [2.24, 2.45) is 23.5 Å². The van der Waals surface area contributed by atoms with Crippen LogP contribution in [0.5, 0.6) is 0 Å². The molecule has 3 aliphatic carbocycles. The lowest BCUT2D eigenvalue weighted by molar-refractivity contribution is -0.147. The molecule has 0 aliphatic heterocycles. The van der Waals surface area contributed by atoms with E-state index in [2.05, 4.69) is 0 Å². The molecule has 1 fully saturated rings. The van der Waals surface area contributed by atoms with Crippen LogP contribution in [0.3, 0.4) is 0 Å². The molecule has 3 aliphatic rings. The van der Waals surface area contributed by atoms with E-state index in [1.54, 1.807) is 19.1 Å². The SMILES string of the molecule is Cc1ccc(C(=O)CCC(C)C)c2c1C(O)=C1C(=O)[C@@]3(O)C(O)=C(C(N)=O)C(=O)C[C@H]3C[C@H]1C2. The molecule has 8 nitrogen and oxygen atoms in total. The Morgan fingerprint density at radius 1 is 1.18 bits per heavy atom. The molecule has 34 heavy (non-hydrogen) atoms. The van der Waals surface area contributed by atoms with Crippen molar-refractivity contribution in [3.8, 4) is 0 Å². The number of carbonyl (C=O) groups is 4. The topological polar surface area (TPSA) is 155 Å². The molecule has 0 unspecified atom stereocenters. The number of aliphatic hydroxyl groups excluding tert-OH is 2. The third kappa shape index (κ3) is 3.39. The summed E-state index contributed by atoms with van der Waals surface area (Å²) in [5.41, 5.74) is 4.04. The molecule has 5 N–H and O–H groups in total.